The molecule has 3 unspecified atom stereocenters. The molecule has 3 heterocycles. The lowest BCUT2D eigenvalue weighted by atomic mass is 9.76. The molecule has 0 aromatic heterocycles. The van der Waals surface area contributed by atoms with Gasteiger partial charge < -0.3 is 34.5 Å². The van der Waals surface area contributed by atoms with Crippen LogP contribution in [0, 0.1) is 5.92 Å². The second-order valence-electron chi connectivity index (χ2n) is 8.57. The van der Waals surface area contributed by atoms with Gasteiger partial charge in [0.05, 0.1) is 32.2 Å². The number of carboxylic acids is 1. The number of carbonyl (C=O) groups excluding carboxylic acids is 1. The number of hydrogen-bond acceptors (Lipinski definition) is 7. The van der Waals surface area contributed by atoms with Crippen LogP contribution in [0.3, 0.4) is 0 Å². The Morgan fingerprint density at radius 2 is 2.17 bits per heavy atom. The van der Waals surface area contributed by atoms with Crippen LogP contribution < -0.4 is 14.7 Å². The molecule has 1 aromatic rings. The summed E-state index contributed by atoms with van der Waals surface area (Å²) in [6.45, 7) is 4.91. The minimum atomic E-state index is -1.16. The summed E-state index contributed by atoms with van der Waals surface area (Å²) in [7, 11) is -1.00. The molecule has 3 fully saturated rings. The summed E-state index contributed by atoms with van der Waals surface area (Å²) in [5, 5.41) is 23.2. The molecule has 2 saturated heterocycles. The van der Waals surface area contributed by atoms with Crippen molar-refractivity contribution in [3.8, 4) is 11.5 Å². The first-order valence-electron chi connectivity index (χ1n) is 10.5. The topological polar surface area (TPSA) is 118 Å². The van der Waals surface area contributed by atoms with Crippen molar-refractivity contribution in [1.82, 2.24) is 10.2 Å². The van der Waals surface area contributed by atoms with Gasteiger partial charge in [0.15, 0.2) is 0 Å². The van der Waals surface area contributed by atoms with Crippen LogP contribution in [0.5, 0.6) is 11.5 Å². The van der Waals surface area contributed by atoms with Crippen molar-refractivity contribution < 1.29 is 33.8 Å². The molecule has 3 N–H and O–H groups in total. The van der Waals surface area contributed by atoms with Crippen LogP contribution in [0.4, 0.5) is 0 Å². The van der Waals surface area contributed by atoms with Gasteiger partial charge in [-0.05, 0) is 23.5 Å². The number of nitrogens with one attached hydrogen (secondary N) is 1. The predicted octanol–water partition coefficient (Wildman–Crippen LogP) is 0.329. The summed E-state index contributed by atoms with van der Waals surface area (Å²) in [6.07, 6.45) is -0.0647. The van der Waals surface area contributed by atoms with Crippen LogP contribution in [0.15, 0.2) is 12.1 Å². The van der Waals surface area contributed by atoms with Gasteiger partial charge in [0.2, 0.25) is 5.91 Å². The molecule has 4 aliphatic rings. The number of benzene rings is 1. The van der Waals surface area contributed by atoms with E-state index < -0.39 is 13.1 Å². The Morgan fingerprint density at radius 3 is 2.87 bits per heavy atom. The minimum Gasteiger partial charge on any atom is -0.535 e. The summed E-state index contributed by atoms with van der Waals surface area (Å²) >= 11 is 0. The van der Waals surface area contributed by atoms with E-state index in [9.17, 15) is 19.7 Å². The summed E-state index contributed by atoms with van der Waals surface area (Å²) in [6, 6.07) is 3.50. The minimum absolute atomic E-state index is 0.00710. The number of likely N-dealkylation sites (tertiary alicyclic amines) is 1. The molecular weight excluding hydrogens is 391 g/mol. The highest BCUT2D eigenvalue weighted by Gasteiger charge is 2.60. The van der Waals surface area contributed by atoms with E-state index in [1.54, 1.807) is 11.0 Å². The van der Waals surface area contributed by atoms with Gasteiger partial charge >= 0.3 is 13.1 Å². The molecule has 1 amide bonds. The molecule has 160 valence electrons. The van der Waals surface area contributed by atoms with Gasteiger partial charge in [0.25, 0.3) is 0 Å². The molecule has 30 heavy (non-hydrogen) atoms. The van der Waals surface area contributed by atoms with E-state index in [0.717, 1.165) is 12.1 Å². The number of amides is 1. The van der Waals surface area contributed by atoms with E-state index in [4.69, 9.17) is 14.1 Å². The summed E-state index contributed by atoms with van der Waals surface area (Å²) < 4.78 is 17.1. The molecule has 0 radical (unpaired) electrons. The molecule has 0 bridgehead atoms. The lowest BCUT2D eigenvalue weighted by molar-refractivity contribution is -0.143. The van der Waals surface area contributed by atoms with Crippen LogP contribution in [0.1, 0.15) is 35.2 Å². The fourth-order valence-electron chi connectivity index (χ4n) is 4.86. The van der Waals surface area contributed by atoms with Gasteiger partial charge in [-0.15, -0.1) is 0 Å². The second kappa shape index (κ2) is 7.44. The van der Waals surface area contributed by atoms with Gasteiger partial charge in [-0.3, -0.25) is 4.79 Å². The van der Waals surface area contributed by atoms with E-state index in [-0.39, 0.29) is 52.8 Å². The highest BCUT2D eigenvalue weighted by atomic mass is 16.5. The van der Waals surface area contributed by atoms with E-state index in [1.165, 1.54) is 0 Å². The third-order valence-corrected chi connectivity index (χ3v) is 6.64. The number of carboxylic acid groups (broad SMARTS) is 1. The number of morpholine rings is 1. The Hall–Kier alpha value is -2.30. The Balaban J connectivity index is 1.25. The fraction of sp³-hybridized carbons (Fsp3) is 0.600. The van der Waals surface area contributed by atoms with Crippen molar-refractivity contribution in [2.24, 2.45) is 5.92 Å². The molecule has 4 atom stereocenters. The van der Waals surface area contributed by atoms with Crippen molar-refractivity contribution in [3.05, 3.63) is 23.3 Å². The van der Waals surface area contributed by atoms with Crippen LogP contribution >= 0.6 is 0 Å². The largest absolute Gasteiger partial charge is 0.535 e. The maximum Gasteiger partial charge on any atom is 0.526 e. The lowest BCUT2D eigenvalue weighted by Gasteiger charge is -2.40. The molecule has 10 heteroatoms. The molecule has 9 nitrogen and oxygen atoms in total. The van der Waals surface area contributed by atoms with Gasteiger partial charge in [-0.1, -0.05) is 13.0 Å². The summed E-state index contributed by atoms with van der Waals surface area (Å²) in [4.78, 5) is 26.0. The van der Waals surface area contributed by atoms with Crippen LogP contribution in [0.2, 0.25) is 5.82 Å². The first-order chi connectivity index (χ1) is 14.4. The number of hydrogen-bond donors (Lipinski definition) is 3. The zero-order chi connectivity index (χ0) is 21.0. The quantitative estimate of drug-likeness (QED) is 0.588. The average molecular weight is 416 g/mol. The Labute approximate surface area is 174 Å². The molecule has 0 spiro atoms. The van der Waals surface area contributed by atoms with Crippen molar-refractivity contribution in [2.45, 2.75) is 37.3 Å². The lowest BCUT2D eigenvalue weighted by Crippen LogP contribution is -2.57. The van der Waals surface area contributed by atoms with E-state index >= 15 is 0 Å². The zero-order valence-electron chi connectivity index (χ0n) is 16.7. The summed E-state index contributed by atoms with van der Waals surface area (Å²) in [5.41, 5.74) is 0.754. The standard InChI is InChI=1S/C20H25BN2O7/c1-10-16-13-2-3-14(17(20(25)26)19(13)30-21(27)18(10)16)29-12-8-23(9-12)15(24)6-11-7-22-4-5-28-11/h2-3,10-12,16,18,22,27H,4-9H2,1H3,(H,25,26)/t10?,11-,16?,18?/m1/s1. The monoisotopic (exact) mass is 416 g/mol. The fourth-order valence-corrected chi connectivity index (χ4v) is 4.86. The van der Waals surface area contributed by atoms with E-state index in [0.29, 0.717) is 32.7 Å². The normalized spacial score (nSPS) is 29.9. The number of ether oxygens (including phenoxy) is 2. The van der Waals surface area contributed by atoms with Gasteiger partial charge in [0.1, 0.15) is 23.2 Å². The smallest absolute Gasteiger partial charge is 0.526 e. The predicted molar refractivity (Wildman–Crippen MR) is 106 cm³/mol. The van der Waals surface area contributed by atoms with Gasteiger partial charge in [-0.25, -0.2) is 4.79 Å². The molecular formula is C20H25BN2O7. The van der Waals surface area contributed by atoms with E-state index in [1.807, 2.05) is 13.0 Å². The second-order valence-corrected chi connectivity index (χ2v) is 8.57. The van der Waals surface area contributed by atoms with Gasteiger partial charge in [-0.2, -0.15) is 0 Å². The maximum atomic E-state index is 12.4. The molecule has 1 saturated carbocycles. The highest BCUT2D eigenvalue weighted by Crippen LogP contribution is 2.65. The van der Waals surface area contributed by atoms with Crippen molar-refractivity contribution >= 4 is 19.0 Å². The Kier molecular flexibility index (Phi) is 4.87. The number of carbonyl (C=O) groups is 2. The molecule has 5 rings (SSSR count). The van der Waals surface area contributed by atoms with Crippen molar-refractivity contribution in [3.63, 3.8) is 0 Å². The summed E-state index contributed by atoms with van der Waals surface area (Å²) in [5.74, 6) is -0.360. The third-order valence-electron chi connectivity index (χ3n) is 6.64. The number of aromatic carboxylic acids is 1. The maximum absolute atomic E-state index is 12.4. The number of fused-ring (bicyclic) bond motifs is 3. The number of rotatable bonds is 5. The van der Waals surface area contributed by atoms with E-state index in [2.05, 4.69) is 5.32 Å². The van der Waals surface area contributed by atoms with Crippen molar-refractivity contribution in [1.29, 1.82) is 0 Å². The van der Waals surface area contributed by atoms with Crippen LogP contribution in [-0.2, 0) is 9.53 Å². The Morgan fingerprint density at radius 1 is 1.37 bits per heavy atom. The molecule has 1 aromatic carbocycles. The van der Waals surface area contributed by atoms with Crippen LogP contribution in [0.25, 0.3) is 0 Å². The molecule has 1 aliphatic carbocycles. The Bertz CT molecular complexity index is 869. The molecule has 3 aliphatic heterocycles. The van der Waals surface area contributed by atoms with Crippen LogP contribution in [-0.4, -0.2) is 79.0 Å². The SMILES string of the molecule is CC1C2B(O)Oc3c(ccc(OC4CN(C(=O)C[C@@H]5CNCCO5)C4)c3C(=O)O)C12. The highest BCUT2D eigenvalue weighted by molar-refractivity contribution is 6.48. The van der Waals surface area contributed by atoms with Gasteiger partial charge in [0, 0.05) is 18.9 Å². The van der Waals surface area contributed by atoms with Crippen molar-refractivity contribution in [2.75, 3.05) is 32.8 Å². The number of nitrogens with zero attached hydrogens (tertiary/aromatic N) is 1. The third kappa shape index (κ3) is 3.32. The zero-order valence-corrected chi connectivity index (χ0v) is 16.7. The first-order valence-corrected chi connectivity index (χ1v) is 10.5. The average Bonchev–Trinajstić information content (AvgIpc) is 3.36. The first kappa shape index (κ1) is 19.7.